The molecule has 0 unspecified atom stereocenters. The fraction of sp³-hybridized carbons (Fsp3) is 0.727. The first-order valence-corrected chi connectivity index (χ1v) is 5.15. The zero-order chi connectivity index (χ0) is 11.0. The van der Waals surface area contributed by atoms with Gasteiger partial charge in [-0.05, 0) is 25.8 Å². The highest BCUT2D eigenvalue weighted by Crippen LogP contribution is 2.24. The van der Waals surface area contributed by atoms with E-state index >= 15 is 0 Å². The van der Waals surface area contributed by atoms with Crippen LogP contribution < -0.4 is 5.32 Å². The van der Waals surface area contributed by atoms with Gasteiger partial charge in [0.05, 0.1) is 6.61 Å². The van der Waals surface area contributed by atoms with Crippen molar-refractivity contribution in [3.63, 3.8) is 0 Å². The summed E-state index contributed by atoms with van der Waals surface area (Å²) in [5, 5.41) is 12.0. The highest BCUT2D eigenvalue weighted by Gasteiger charge is 2.25. The van der Waals surface area contributed by atoms with Gasteiger partial charge < -0.3 is 10.4 Å². The molecule has 0 aromatic rings. The van der Waals surface area contributed by atoms with Crippen molar-refractivity contribution in [1.29, 1.82) is 0 Å². The summed E-state index contributed by atoms with van der Waals surface area (Å²) in [6.07, 6.45) is 4.94. The second-order valence-corrected chi connectivity index (χ2v) is 3.58. The van der Waals surface area contributed by atoms with Crippen LogP contribution in [0, 0.1) is 5.41 Å². The summed E-state index contributed by atoms with van der Waals surface area (Å²) in [5.74, 6) is -0.0905. The predicted octanol–water partition coefficient (Wildman–Crippen LogP) is 1.48. The summed E-state index contributed by atoms with van der Waals surface area (Å²) in [5.41, 5.74) is -0.156. The first-order valence-electron chi connectivity index (χ1n) is 5.15. The lowest BCUT2D eigenvalue weighted by Crippen LogP contribution is -2.38. The van der Waals surface area contributed by atoms with E-state index in [0.29, 0.717) is 6.54 Å². The zero-order valence-electron chi connectivity index (χ0n) is 9.34. The van der Waals surface area contributed by atoms with Gasteiger partial charge in [-0.3, -0.25) is 4.79 Å². The topological polar surface area (TPSA) is 49.3 Å². The number of carbonyl (C=O) groups excluding carboxylic acids is 1. The lowest BCUT2D eigenvalue weighted by atomic mass is 9.83. The van der Waals surface area contributed by atoms with Gasteiger partial charge in [-0.15, -0.1) is 0 Å². The van der Waals surface area contributed by atoms with E-state index in [1.165, 1.54) is 6.08 Å². The van der Waals surface area contributed by atoms with Crippen molar-refractivity contribution >= 4 is 5.91 Å². The molecule has 14 heavy (non-hydrogen) atoms. The van der Waals surface area contributed by atoms with Crippen molar-refractivity contribution < 1.29 is 9.90 Å². The predicted molar refractivity (Wildman–Crippen MR) is 57.9 cm³/mol. The molecule has 3 nitrogen and oxygen atoms in total. The number of aliphatic hydroxyl groups excluding tert-OH is 1. The maximum absolute atomic E-state index is 11.2. The molecule has 1 amide bonds. The van der Waals surface area contributed by atoms with E-state index in [2.05, 4.69) is 5.32 Å². The van der Waals surface area contributed by atoms with Gasteiger partial charge in [-0.2, -0.15) is 0 Å². The van der Waals surface area contributed by atoms with Crippen LogP contribution in [-0.4, -0.2) is 24.2 Å². The van der Waals surface area contributed by atoms with Gasteiger partial charge in [0.15, 0.2) is 0 Å². The third-order valence-electron chi connectivity index (χ3n) is 2.79. The van der Waals surface area contributed by atoms with E-state index in [-0.39, 0.29) is 17.9 Å². The number of hydrogen-bond acceptors (Lipinski definition) is 2. The highest BCUT2D eigenvalue weighted by atomic mass is 16.3. The van der Waals surface area contributed by atoms with Gasteiger partial charge in [0.2, 0.25) is 5.91 Å². The molecule has 0 heterocycles. The second kappa shape index (κ2) is 6.60. The minimum Gasteiger partial charge on any atom is -0.396 e. The van der Waals surface area contributed by atoms with Gasteiger partial charge in [0.1, 0.15) is 0 Å². The first kappa shape index (κ1) is 13.2. The van der Waals surface area contributed by atoms with Crippen LogP contribution in [0.5, 0.6) is 0 Å². The molecule has 0 rings (SSSR count). The van der Waals surface area contributed by atoms with E-state index in [1.807, 2.05) is 13.8 Å². The van der Waals surface area contributed by atoms with Crippen LogP contribution in [0.3, 0.4) is 0 Å². The largest absolute Gasteiger partial charge is 0.396 e. The van der Waals surface area contributed by atoms with E-state index in [0.717, 1.165) is 12.8 Å². The van der Waals surface area contributed by atoms with Crippen molar-refractivity contribution in [3.8, 4) is 0 Å². The standard InChI is InChI=1S/C11H21NO2/c1-4-7-10(14)12-8-11(5-2,6-3)9-13/h4,7,13H,5-6,8-9H2,1-3H3,(H,12,14)/b7-4+. The minimum atomic E-state index is -0.156. The number of carbonyl (C=O) groups is 1. The molecule has 82 valence electrons. The van der Waals surface area contributed by atoms with Crippen LogP contribution in [0.15, 0.2) is 12.2 Å². The Bertz CT molecular complexity index is 187. The Labute approximate surface area is 86.2 Å². The van der Waals surface area contributed by atoms with Crippen molar-refractivity contribution in [3.05, 3.63) is 12.2 Å². The van der Waals surface area contributed by atoms with Crippen molar-refractivity contribution in [1.82, 2.24) is 5.32 Å². The van der Waals surface area contributed by atoms with Crippen LogP contribution in [-0.2, 0) is 4.79 Å². The molecule has 0 aliphatic carbocycles. The second-order valence-electron chi connectivity index (χ2n) is 3.58. The van der Waals surface area contributed by atoms with Crippen LogP contribution in [0.4, 0.5) is 0 Å². The van der Waals surface area contributed by atoms with Gasteiger partial charge >= 0.3 is 0 Å². The Hall–Kier alpha value is -0.830. The quantitative estimate of drug-likeness (QED) is 0.636. The molecular formula is C11H21NO2. The number of nitrogens with one attached hydrogen (secondary N) is 1. The lowest BCUT2D eigenvalue weighted by molar-refractivity contribution is -0.117. The average Bonchev–Trinajstić information content (AvgIpc) is 2.21. The molecule has 0 saturated heterocycles. The molecule has 0 saturated carbocycles. The molecule has 0 fully saturated rings. The third kappa shape index (κ3) is 3.92. The van der Waals surface area contributed by atoms with Crippen LogP contribution in [0.25, 0.3) is 0 Å². The van der Waals surface area contributed by atoms with Gasteiger partial charge in [-0.25, -0.2) is 0 Å². The Balaban J connectivity index is 4.12. The monoisotopic (exact) mass is 199 g/mol. The van der Waals surface area contributed by atoms with Crippen molar-refractivity contribution in [2.45, 2.75) is 33.6 Å². The number of rotatable bonds is 6. The first-order chi connectivity index (χ1) is 6.64. The molecule has 0 aromatic heterocycles. The smallest absolute Gasteiger partial charge is 0.243 e. The highest BCUT2D eigenvalue weighted by molar-refractivity contribution is 5.87. The minimum absolute atomic E-state index is 0.0905. The van der Waals surface area contributed by atoms with Gasteiger partial charge in [0, 0.05) is 12.0 Å². The Morgan fingerprint density at radius 3 is 2.36 bits per heavy atom. The molecule has 0 aliphatic rings. The van der Waals surface area contributed by atoms with Crippen molar-refractivity contribution in [2.75, 3.05) is 13.2 Å². The fourth-order valence-electron chi connectivity index (χ4n) is 1.26. The summed E-state index contributed by atoms with van der Waals surface area (Å²) in [6, 6.07) is 0. The SMILES string of the molecule is C/C=C/C(=O)NCC(CC)(CC)CO. The Kier molecular flexibility index (Phi) is 6.21. The number of aliphatic hydroxyl groups is 1. The average molecular weight is 199 g/mol. The number of allylic oxidation sites excluding steroid dienone is 1. The van der Waals surface area contributed by atoms with Crippen LogP contribution in [0.1, 0.15) is 33.6 Å². The van der Waals surface area contributed by atoms with E-state index < -0.39 is 0 Å². The summed E-state index contributed by atoms with van der Waals surface area (Å²) in [4.78, 5) is 11.2. The molecule has 3 heteroatoms. The molecule has 0 atom stereocenters. The molecule has 0 bridgehead atoms. The number of amides is 1. The molecule has 0 aromatic carbocycles. The van der Waals surface area contributed by atoms with E-state index in [9.17, 15) is 9.90 Å². The summed E-state index contributed by atoms with van der Waals surface area (Å²) < 4.78 is 0. The van der Waals surface area contributed by atoms with Crippen LogP contribution >= 0.6 is 0 Å². The summed E-state index contributed by atoms with van der Waals surface area (Å²) in [7, 11) is 0. The van der Waals surface area contributed by atoms with E-state index in [1.54, 1.807) is 13.0 Å². The molecule has 0 aliphatic heterocycles. The molecule has 0 spiro atoms. The Morgan fingerprint density at radius 1 is 1.43 bits per heavy atom. The number of hydrogen-bond donors (Lipinski definition) is 2. The van der Waals surface area contributed by atoms with Crippen molar-refractivity contribution in [2.24, 2.45) is 5.41 Å². The Morgan fingerprint density at radius 2 is 2.00 bits per heavy atom. The maximum Gasteiger partial charge on any atom is 0.243 e. The molecule has 0 radical (unpaired) electrons. The summed E-state index contributed by atoms with van der Waals surface area (Å²) >= 11 is 0. The maximum atomic E-state index is 11.2. The van der Waals surface area contributed by atoms with Crippen LogP contribution in [0.2, 0.25) is 0 Å². The lowest BCUT2D eigenvalue weighted by Gasteiger charge is -2.29. The normalized spacial score (nSPS) is 12.0. The fourth-order valence-corrected chi connectivity index (χ4v) is 1.26. The zero-order valence-corrected chi connectivity index (χ0v) is 9.34. The van der Waals surface area contributed by atoms with Gasteiger partial charge in [0.25, 0.3) is 0 Å². The molecule has 2 N–H and O–H groups in total. The van der Waals surface area contributed by atoms with Gasteiger partial charge in [-0.1, -0.05) is 19.9 Å². The summed E-state index contributed by atoms with van der Waals surface area (Å²) in [6.45, 7) is 6.53. The van der Waals surface area contributed by atoms with E-state index in [4.69, 9.17) is 0 Å². The third-order valence-corrected chi connectivity index (χ3v) is 2.79. The molecular weight excluding hydrogens is 178 g/mol.